The third kappa shape index (κ3) is 5.18. The van der Waals surface area contributed by atoms with Crippen molar-refractivity contribution in [2.75, 3.05) is 5.32 Å². The van der Waals surface area contributed by atoms with Crippen LogP contribution in [0.2, 0.25) is 0 Å². The molecule has 2 saturated carbocycles. The molecule has 1 atom stereocenters. The van der Waals surface area contributed by atoms with E-state index in [-0.39, 0.29) is 29.5 Å². The number of amides is 2. The van der Waals surface area contributed by atoms with Crippen LogP contribution in [0, 0.1) is 17.8 Å². The lowest BCUT2D eigenvalue weighted by atomic mass is 9.88. The number of rotatable bonds is 9. The molecule has 0 radical (unpaired) electrons. The summed E-state index contributed by atoms with van der Waals surface area (Å²) in [5, 5.41) is 12.3. The zero-order valence-electron chi connectivity index (χ0n) is 15.8. The van der Waals surface area contributed by atoms with E-state index in [4.69, 9.17) is 5.73 Å². The number of aromatic amines is 1. The van der Waals surface area contributed by atoms with E-state index in [1.54, 1.807) is 12.4 Å². The molecule has 8 heteroatoms. The summed E-state index contributed by atoms with van der Waals surface area (Å²) in [6.45, 7) is 3.77. The van der Waals surface area contributed by atoms with Crippen molar-refractivity contribution in [3.8, 4) is 0 Å². The van der Waals surface area contributed by atoms with Crippen LogP contribution in [0.5, 0.6) is 0 Å². The monoisotopic (exact) mass is 372 g/mol. The first-order valence-corrected chi connectivity index (χ1v) is 9.56. The zero-order valence-corrected chi connectivity index (χ0v) is 15.8. The molecule has 1 heterocycles. The van der Waals surface area contributed by atoms with Crippen LogP contribution in [0.1, 0.15) is 39.5 Å². The van der Waals surface area contributed by atoms with E-state index in [1.807, 2.05) is 13.8 Å². The fourth-order valence-electron chi connectivity index (χ4n) is 3.53. The van der Waals surface area contributed by atoms with E-state index in [0.717, 1.165) is 25.7 Å². The summed E-state index contributed by atoms with van der Waals surface area (Å²) >= 11 is 0. The molecule has 0 spiro atoms. The molecule has 0 aromatic carbocycles. The normalized spacial score (nSPS) is 18.9. The van der Waals surface area contributed by atoms with Gasteiger partial charge in [-0.15, -0.1) is 0 Å². The highest BCUT2D eigenvalue weighted by molar-refractivity contribution is 6.43. The highest BCUT2D eigenvalue weighted by atomic mass is 16.2. The number of carbonyl (C=O) groups excluding carboxylic acids is 2. The first kappa shape index (κ1) is 19.1. The molecule has 2 fully saturated rings. The Balaban J connectivity index is 1.80. The molecule has 5 N–H and O–H groups in total. The first-order valence-electron chi connectivity index (χ1n) is 9.56. The third-order valence-electron chi connectivity index (χ3n) is 4.94. The molecular formula is C19H28N6O2. The summed E-state index contributed by atoms with van der Waals surface area (Å²) < 4.78 is 0. The minimum absolute atomic E-state index is 0.0529. The number of nitrogens with two attached hydrogens (primary N) is 1. The number of aliphatic imine (C=N–C) groups is 1. The molecule has 146 valence electrons. The van der Waals surface area contributed by atoms with Crippen molar-refractivity contribution in [2.45, 2.75) is 51.6 Å². The number of aromatic nitrogens is 2. The summed E-state index contributed by atoms with van der Waals surface area (Å²) in [4.78, 5) is 30.2. The maximum absolute atomic E-state index is 13.0. The largest absolute Gasteiger partial charge is 0.405 e. The fourth-order valence-corrected chi connectivity index (χ4v) is 3.53. The van der Waals surface area contributed by atoms with Crippen molar-refractivity contribution in [3.63, 3.8) is 0 Å². The van der Waals surface area contributed by atoms with Crippen LogP contribution in [0.4, 0.5) is 5.69 Å². The van der Waals surface area contributed by atoms with Crippen LogP contribution < -0.4 is 16.4 Å². The van der Waals surface area contributed by atoms with Gasteiger partial charge in [0.2, 0.25) is 5.91 Å². The predicted molar refractivity (Wildman–Crippen MR) is 104 cm³/mol. The summed E-state index contributed by atoms with van der Waals surface area (Å²) in [6.07, 6.45) is 10.4. The standard InChI is InChI=1S/C19H28N6O2/c1-11(2)23-15(7-8-20)18(26)25-17(16(12-3-4-12)13-5-6-13)19(27)24-14-9-21-22-10-14/h7-13,16-17H,3-6,20H2,1-2H3,(H,21,22)(H,24,27)(H,25,26)/t17-/m0/s1. The number of nitrogens with zero attached hydrogens (tertiary/aromatic N) is 2. The van der Waals surface area contributed by atoms with Gasteiger partial charge in [-0.2, -0.15) is 5.10 Å². The number of carbonyl (C=O) groups is 2. The Labute approximate surface area is 159 Å². The Morgan fingerprint density at radius 2 is 1.96 bits per heavy atom. The number of hydrogen-bond acceptors (Lipinski definition) is 5. The van der Waals surface area contributed by atoms with Gasteiger partial charge in [-0.25, -0.2) is 0 Å². The molecule has 0 saturated heterocycles. The smallest absolute Gasteiger partial charge is 0.270 e. The van der Waals surface area contributed by atoms with Gasteiger partial charge >= 0.3 is 0 Å². The van der Waals surface area contributed by atoms with E-state index in [1.165, 1.54) is 12.3 Å². The highest BCUT2D eigenvalue weighted by Crippen LogP contribution is 2.50. The van der Waals surface area contributed by atoms with Crippen molar-refractivity contribution in [3.05, 3.63) is 24.7 Å². The second kappa shape index (κ2) is 8.37. The highest BCUT2D eigenvalue weighted by Gasteiger charge is 2.48. The number of H-pyrrole nitrogens is 1. The van der Waals surface area contributed by atoms with Gasteiger partial charge in [0.1, 0.15) is 11.8 Å². The van der Waals surface area contributed by atoms with Crippen molar-refractivity contribution >= 4 is 23.2 Å². The van der Waals surface area contributed by atoms with Gasteiger partial charge in [0.05, 0.1) is 11.9 Å². The molecule has 8 nitrogen and oxygen atoms in total. The molecule has 1 aromatic rings. The molecule has 1 aromatic heterocycles. The average Bonchev–Trinajstić information content (AvgIpc) is 3.55. The van der Waals surface area contributed by atoms with Gasteiger partial charge in [0.25, 0.3) is 5.91 Å². The fraction of sp³-hybridized carbons (Fsp3) is 0.579. The molecular weight excluding hydrogens is 344 g/mol. The summed E-state index contributed by atoms with van der Waals surface area (Å²) in [7, 11) is 0. The van der Waals surface area contributed by atoms with Gasteiger partial charge < -0.3 is 16.4 Å². The Kier molecular flexibility index (Phi) is 5.93. The molecule has 2 aliphatic carbocycles. The van der Waals surface area contributed by atoms with Gasteiger partial charge in [0.15, 0.2) is 0 Å². The van der Waals surface area contributed by atoms with E-state index in [0.29, 0.717) is 17.5 Å². The molecule has 27 heavy (non-hydrogen) atoms. The molecule has 2 amide bonds. The molecule has 3 rings (SSSR count). The second-order valence-corrected chi connectivity index (χ2v) is 7.65. The Morgan fingerprint density at radius 1 is 1.30 bits per heavy atom. The molecule has 0 aliphatic heterocycles. The lowest BCUT2D eigenvalue weighted by molar-refractivity contribution is -0.124. The lowest BCUT2D eigenvalue weighted by Crippen LogP contribution is -2.51. The zero-order chi connectivity index (χ0) is 19.4. The van der Waals surface area contributed by atoms with Crippen molar-refractivity contribution in [1.82, 2.24) is 15.5 Å². The quantitative estimate of drug-likeness (QED) is 0.491. The van der Waals surface area contributed by atoms with Gasteiger partial charge in [-0.3, -0.25) is 19.7 Å². The maximum Gasteiger partial charge on any atom is 0.270 e. The summed E-state index contributed by atoms with van der Waals surface area (Å²) in [6, 6.07) is -0.654. The maximum atomic E-state index is 13.0. The van der Waals surface area contributed by atoms with E-state index in [2.05, 4.69) is 25.8 Å². The molecule has 0 unspecified atom stereocenters. The second-order valence-electron chi connectivity index (χ2n) is 7.65. The summed E-state index contributed by atoms with van der Waals surface area (Å²) in [5.41, 5.74) is 6.29. The topological polar surface area (TPSA) is 125 Å². The van der Waals surface area contributed by atoms with E-state index >= 15 is 0 Å². The first-order chi connectivity index (χ1) is 13.0. The minimum Gasteiger partial charge on any atom is -0.405 e. The number of hydrogen-bond donors (Lipinski definition) is 4. The Bertz CT molecular complexity index is 705. The van der Waals surface area contributed by atoms with E-state index in [9.17, 15) is 9.59 Å². The predicted octanol–water partition coefficient (Wildman–Crippen LogP) is 1.59. The van der Waals surface area contributed by atoms with Gasteiger partial charge in [0, 0.05) is 12.2 Å². The molecule has 0 bridgehead atoms. The van der Waals surface area contributed by atoms with Crippen molar-refractivity contribution < 1.29 is 9.59 Å². The van der Waals surface area contributed by atoms with Crippen molar-refractivity contribution in [1.29, 1.82) is 0 Å². The van der Waals surface area contributed by atoms with Crippen molar-refractivity contribution in [2.24, 2.45) is 28.5 Å². The number of nitrogens with one attached hydrogen (secondary N) is 3. The van der Waals surface area contributed by atoms with Gasteiger partial charge in [-0.05, 0) is 69.6 Å². The van der Waals surface area contributed by atoms with Crippen LogP contribution in [0.3, 0.4) is 0 Å². The Hall–Kier alpha value is -2.64. The van der Waals surface area contributed by atoms with Crippen LogP contribution in [-0.2, 0) is 9.59 Å². The lowest BCUT2D eigenvalue weighted by Gasteiger charge is -2.27. The minimum atomic E-state index is -0.601. The number of anilines is 1. The Morgan fingerprint density at radius 3 is 2.44 bits per heavy atom. The van der Waals surface area contributed by atoms with Crippen LogP contribution in [0.25, 0.3) is 0 Å². The van der Waals surface area contributed by atoms with Gasteiger partial charge in [-0.1, -0.05) is 0 Å². The average molecular weight is 372 g/mol. The summed E-state index contributed by atoms with van der Waals surface area (Å²) in [5.74, 6) is 0.558. The SMILES string of the molecule is CC(C)N=C(C=CN)C(=O)N[C@H](C(=O)Nc1cn[nH]c1)C(C1CC1)C1CC1. The van der Waals surface area contributed by atoms with Crippen LogP contribution in [-0.4, -0.2) is 39.8 Å². The molecule has 2 aliphatic rings. The third-order valence-corrected chi connectivity index (χ3v) is 4.94. The van der Waals surface area contributed by atoms with Crippen LogP contribution >= 0.6 is 0 Å². The van der Waals surface area contributed by atoms with E-state index < -0.39 is 6.04 Å². The van der Waals surface area contributed by atoms with Crippen LogP contribution in [0.15, 0.2) is 29.7 Å².